The van der Waals surface area contributed by atoms with Gasteiger partial charge in [0, 0.05) is 19.7 Å². The summed E-state index contributed by atoms with van der Waals surface area (Å²) in [5, 5.41) is 20.8. The molecule has 0 unspecified atom stereocenters. The van der Waals surface area contributed by atoms with E-state index in [1.807, 2.05) is 0 Å². The van der Waals surface area contributed by atoms with Crippen LogP contribution in [-0.4, -0.2) is 37.7 Å². The Labute approximate surface area is 116 Å². The number of carbonyl (C=O) groups is 1. The molecule has 0 saturated carbocycles. The zero-order valence-electron chi connectivity index (χ0n) is 11.3. The minimum Gasteiger partial charge on any atom is -0.495 e. The number of methoxy groups -OCH3 is 1. The number of ether oxygens (including phenoxy) is 1. The molecule has 0 saturated heterocycles. The van der Waals surface area contributed by atoms with E-state index in [2.05, 4.69) is 10.5 Å². The number of rotatable bonds is 4. The van der Waals surface area contributed by atoms with Crippen LogP contribution in [0.3, 0.4) is 0 Å². The molecule has 1 rings (SSSR count). The summed E-state index contributed by atoms with van der Waals surface area (Å²) in [5.41, 5.74) is 3.05. The first-order chi connectivity index (χ1) is 9.53. The third-order valence-electron chi connectivity index (χ3n) is 2.35. The summed E-state index contributed by atoms with van der Waals surface area (Å²) in [4.78, 5) is 13.3. The van der Waals surface area contributed by atoms with E-state index in [0.29, 0.717) is 17.0 Å². The van der Waals surface area contributed by atoms with Crippen molar-refractivity contribution in [2.24, 2.45) is 5.10 Å². The second-order valence-electron chi connectivity index (χ2n) is 3.91. The number of nitrogens with zero attached hydrogens (tertiary/aromatic N) is 4. The first-order valence-corrected chi connectivity index (χ1v) is 5.57. The summed E-state index contributed by atoms with van der Waals surface area (Å²) in [6.45, 7) is 0. The van der Waals surface area contributed by atoms with Crippen molar-refractivity contribution in [2.75, 3.05) is 26.6 Å². The molecule has 1 aromatic rings. The van der Waals surface area contributed by atoms with Gasteiger partial charge in [-0.1, -0.05) is 0 Å². The van der Waals surface area contributed by atoms with Gasteiger partial charge in [-0.25, -0.2) is 0 Å². The molecule has 7 nitrogen and oxygen atoms in total. The third kappa shape index (κ3) is 3.47. The van der Waals surface area contributed by atoms with Gasteiger partial charge in [-0.2, -0.15) is 15.6 Å². The standard InChI is InChI=1S/C13H13N5O2/c1-18(2)13(19)9-4-5-12(20-3)11(6-9)17-16-10(7-14)8-15/h4-6,17H,1-3H3. The Balaban J connectivity index is 3.14. The van der Waals surface area contributed by atoms with Crippen LogP contribution >= 0.6 is 0 Å². The minimum absolute atomic E-state index is 0.180. The van der Waals surface area contributed by atoms with Crippen LogP contribution in [0.4, 0.5) is 5.69 Å². The molecule has 20 heavy (non-hydrogen) atoms. The molecule has 0 atom stereocenters. The minimum atomic E-state index is -0.323. The summed E-state index contributed by atoms with van der Waals surface area (Å²) in [7, 11) is 4.75. The zero-order valence-corrected chi connectivity index (χ0v) is 11.3. The molecule has 0 aliphatic carbocycles. The average Bonchev–Trinajstić information content (AvgIpc) is 2.47. The van der Waals surface area contributed by atoms with Crippen molar-refractivity contribution in [1.82, 2.24) is 4.90 Å². The van der Waals surface area contributed by atoms with Gasteiger partial charge >= 0.3 is 0 Å². The molecule has 1 aromatic carbocycles. The summed E-state index contributed by atoms with van der Waals surface area (Å²) in [5.74, 6) is 0.264. The van der Waals surface area contributed by atoms with Crippen LogP contribution in [0.2, 0.25) is 0 Å². The third-order valence-corrected chi connectivity index (χ3v) is 2.35. The van der Waals surface area contributed by atoms with Crippen molar-refractivity contribution >= 4 is 17.3 Å². The highest BCUT2D eigenvalue weighted by atomic mass is 16.5. The van der Waals surface area contributed by atoms with Crippen molar-refractivity contribution in [2.45, 2.75) is 0 Å². The van der Waals surface area contributed by atoms with Crippen molar-refractivity contribution in [3.8, 4) is 17.9 Å². The Morgan fingerprint density at radius 2 is 2.00 bits per heavy atom. The molecular formula is C13H13N5O2. The largest absolute Gasteiger partial charge is 0.495 e. The van der Waals surface area contributed by atoms with Crippen LogP contribution in [-0.2, 0) is 0 Å². The quantitative estimate of drug-likeness (QED) is 0.655. The number of hydrazone groups is 1. The number of hydrogen-bond donors (Lipinski definition) is 1. The Hall–Kier alpha value is -3.06. The zero-order chi connectivity index (χ0) is 15.1. The predicted octanol–water partition coefficient (Wildman–Crippen LogP) is 1.21. The van der Waals surface area contributed by atoms with E-state index >= 15 is 0 Å². The van der Waals surface area contributed by atoms with E-state index in [4.69, 9.17) is 15.3 Å². The van der Waals surface area contributed by atoms with E-state index in [9.17, 15) is 4.79 Å². The van der Waals surface area contributed by atoms with Gasteiger partial charge < -0.3 is 9.64 Å². The number of nitriles is 2. The van der Waals surface area contributed by atoms with Crippen LogP contribution < -0.4 is 10.2 Å². The van der Waals surface area contributed by atoms with E-state index < -0.39 is 0 Å². The first kappa shape index (κ1) is 15.0. The Bertz CT molecular complexity index is 607. The summed E-state index contributed by atoms with van der Waals surface area (Å²) in [6.07, 6.45) is 0. The lowest BCUT2D eigenvalue weighted by atomic mass is 10.1. The fraction of sp³-hybridized carbons (Fsp3) is 0.231. The fourth-order valence-corrected chi connectivity index (χ4v) is 1.38. The van der Waals surface area contributed by atoms with Gasteiger partial charge in [0.15, 0.2) is 0 Å². The second kappa shape index (κ2) is 6.76. The van der Waals surface area contributed by atoms with Crippen LogP contribution in [0.1, 0.15) is 10.4 Å². The van der Waals surface area contributed by atoms with Gasteiger partial charge in [-0.05, 0) is 18.2 Å². The summed E-state index contributed by atoms with van der Waals surface area (Å²) in [6, 6.07) is 8.01. The normalized spacial score (nSPS) is 8.85. The second-order valence-corrected chi connectivity index (χ2v) is 3.91. The van der Waals surface area contributed by atoms with Gasteiger partial charge in [0.1, 0.15) is 17.9 Å². The molecule has 102 valence electrons. The van der Waals surface area contributed by atoms with Crippen molar-refractivity contribution in [3.05, 3.63) is 23.8 Å². The van der Waals surface area contributed by atoms with Crippen LogP contribution in [0.5, 0.6) is 5.75 Å². The number of anilines is 1. The molecular weight excluding hydrogens is 258 g/mol. The number of carbonyl (C=O) groups excluding carboxylic acids is 1. The van der Waals surface area contributed by atoms with Gasteiger partial charge in [0.2, 0.25) is 5.71 Å². The first-order valence-electron chi connectivity index (χ1n) is 5.57. The number of benzene rings is 1. The maximum atomic E-state index is 11.9. The summed E-state index contributed by atoms with van der Waals surface area (Å²) < 4.78 is 5.12. The van der Waals surface area contributed by atoms with Crippen molar-refractivity contribution < 1.29 is 9.53 Å². The Morgan fingerprint density at radius 3 is 2.50 bits per heavy atom. The molecule has 0 aliphatic rings. The van der Waals surface area contributed by atoms with Crippen LogP contribution in [0.25, 0.3) is 0 Å². The smallest absolute Gasteiger partial charge is 0.253 e. The summed E-state index contributed by atoms with van der Waals surface area (Å²) >= 11 is 0. The SMILES string of the molecule is COc1ccc(C(=O)N(C)C)cc1NN=C(C#N)C#N. The molecule has 0 aromatic heterocycles. The lowest BCUT2D eigenvalue weighted by Crippen LogP contribution is -2.21. The molecule has 0 bridgehead atoms. The van der Waals surface area contributed by atoms with Gasteiger partial charge in [0.05, 0.1) is 12.8 Å². The highest BCUT2D eigenvalue weighted by Gasteiger charge is 2.11. The predicted molar refractivity (Wildman–Crippen MR) is 73.3 cm³/mol. The molecule has 0 spiro atoms. The maximum absolute atomic E-state index is 11.9. The monoisotopic (exact) mass is 271 g/mol. The van der Waals surface area contributed by atoms with E-state index in [1.165, 1.54) is 18.1 Å². The van der Waals surface area contributed by atoms with E-state index in [-0.39, 0.29) is 11.6 Å². The van der Waals surface area contributed by atoms with Gasteiger partial charge in [0.25, 0.3) is 5.91 Å². The molecule has 0 aliphatic heterocycles. The molecule has 1 amide bonds. The molecule has 7 heteroatoms. The molecule has 0 fully saturated rings. The van der Waals surface area contributed by atoms with E-state index in [0.717, 1.165) is 0 Å². The van der Waals surface area contributed by atoms with Crippen LogP contribution in [0.15, 0.2) is 23.3 Å². The Morgan fingerprint density at radius 1 is 1.35 bits per heavy atom. The van der Waals surface area contributed by atoms with E-state index in [1.54, 1.807) is 38.4 Å². The average molecular weight is 271 g/mol. The van der Waals surface area contributed by atoms with Crippen LogP contribution in [0, 0.1) is 22.7 Å². The lowest BCUT2D eigenvalue weighted by molar-refractivity contribution is 0.0827. The highest BCUT2D eigenvalue weighted by molar-refractivity contribution is 6.10. The Kier molecular flexibility index (Phi) is 5.07. The topological polar surface area (TPSA) is 102 Å². The number of hydrogen-bond acceptors (Lipinski definition) is 6. The maximum Gasteiger partial charge on any atom is 0.253 e. The van der Waals surface area contributed by atoms with Crippen molar-refractivity contribution in [3.63, 3.8) is 0 Å². The highest BCUT2D eigenvalue weighted by Crippen LogP contribution is 2.25. The number of nitrogens with one attached hydrogen (secondary N) is 1. The van der Waals surface area contributed by atoms with Gasteiger partial charge in [-0.3, -0.25) is 10.2 Å². The number of amides is 1. The fourth-order valence-electron chi connectivity index (χ4n) is 1.38. The van der Waals surface area contributed by atoms with Crippen molar-refractivity contribution in [1.29, 1.82) is 10.5 Å². The molecule has 0 radical (unpaired) electrons. The lowest BCUT2D eigenvalue weighted by Gasteiger charge is -2.13. The molecule has 1 N–H and O–H groups in total. The van der Waals surface area contributed by atoms with Gasteiger partial charge in [-0.15, -0.1) is 0 Å². The molecule has 0 heterocycles.